The number of hydrogen-bond acceptors (Lipinski definition) is 5. The van der Waals surface area contributed by atoms with E-state index in [9.17, 15) is 9.59 Å². The highest BCUT2D eigenvalue weighted by Crippen LogP contribution is 2.29. The first-order valence-electron chi connectivity index (χ1n) is 8.37. The number of aromatic nitrogens is 1. The van der Waals surface area contributed by atoms with Crippen LogP contribution in [0.15, 0.2) is 48.8 Å². The van der Waals surface area contributed by atoms with Crippen LogP contribution in [0, 0.1) is 0 Å². The van der Waals surface area contributed by atoms with Crippen LogP contribution in [-0.4, -0.2) is 59.9 Å². The molecule has 3 rings (SSSR count). The molecule has 0 spiro atoms. The Morgan fingerprint density at radius 1 is 1.08 bits per heavy atom. The third-order valence-electron chi connectivity index (χ3n) is 4.52. The molecule has 1 aliphatic heterocycles. The molecule has 136 valence electrons. The van der Waals surface area contributed by atoms with Crippen molar-refractivity contribution in [2.45, 2.75) is 6.04 Å². The zero-order valence-corrected chi connectivity index (χ0v) is 15.2. The van der Waals surface area contributed by atoms with Gasteiger partial charge in [0.05, 0.1) is 7.11 Å². The van der Waals surface area contributed by atoms with Crippen LogP contribution in [0.25, 0.3) is 0 Å². The van der Waals surface area contributed by atoms with Gasteiger partial charge in [0.2, 0.25) is 0 Å². The van der Waals surface area contributed by atoms with E-state index in [-0.39, 0.29) is 11.9 Å². The van der Waals surface area contributed by atoms with Crippen LogP contribution in [0.4, 0.5) is 0 Å². The molecular weight excluding hydrogens is 354 g/mol. The second-order valence-electron chi connectivity index (χ2n) is 6.01. The van der Waals surface area contributed by atoms with Crippen LogP contribution in [0.1, 0.15) is 22.0 Å². The lowest BCUT2D eigenvalue weighted by atomic mass is 10.0. The van der Waals surface area contributed by atoms with Crippen LogP contribution < -0.4 is 0 Å². The number of halogens is 1. The summed E-state index contributed by atoms with van der Waals surface area (Å²) in [6.45, 7) is 2.17. The topological polar surface area (TPSA) is 62.7 Å². The van der Waals surface area contributed by atoms with Crippen molar-refractivity contribution >= 4 is 23.5 Å². The van der Waals surface area contributed by atoms with Gasteiger partial charge in [-0.3, -0.25) is 14.7 Å². The molecule has 1 aromatic heterocycles. The lowest BCUT2D eigenvalue weighted by molar-refractivity contribution is -0.148. The third kappa shape index (κ3) is 3.86. The summed E-state index contributed by atoms with van der Waals surface area (Å²) in [5.74, 6) is -0.383. The zero-order valence-electron chi connectivity index (χ0n) is 14.5. The average molecular weight is 374 g/mol. The maximum atomic E-state index is 12.6. The number of hydrogen-bond donors (Lipinski definition) is 0. The van der Waals surface area contributed by atoms with Gasteiger partial charge in [0, 0.05) is 49.2 Å². The Labute approximate surface area is 157 Å². The smallest absolute Gasteiger partial charge is 0.327 e. The average Bonchev–Trinajstić information content (AvgIpc) is 2.70. The van der Waals surface area contributed by atoms with Gasteiger partial charge in [-0.05, 0) is 23.8 Å². The van der Waals surface area contributed by atoms with Crippen molar-refractivity contribution in [2.75, 3.05) is 33.3 Å². The molecule has 1 unspecified atom stereocenters. The fourth-order valence-electron chi connectivity index (χ4n) is 3.14. The Kier molecular flexibility index (Phi) is 5.85. The summed E-state index contributed by atoms with van der Waals surface area (Å²) in [4.78, 5) is 32.7. The molecule has 1 fully saturated rings. The second kappa shape index (κ2) is 8.29. The van der Waals surface area contributed by atoms with Gasteiger partial charge < -0.3 is 9.64 Å². The molecule has 6 nitrogen and oxygen atoms in total. The van der Waals surface area contributed by atoms with Crippen LogP contribution in [0.3, 0.4) is 0 Å². The molecule has 1 amide bonds. The molecule has 26 heavy (non-hydrogen) atoms. The molecule has 7 heteroatoms. The number of pyridine rings is 1. The minimum Gasteiger partial charge on any atom is -0.468 e. The molecule has 0 saturated carbocycles. The van der Waals surface area contributed by atoms with Gasteiger partial charge in [0.15, 0.2) is 0 Å². The van der Waals surface area contributed by atoms with E-state index in [1.807, 2.05) is 23.1 Å². The molecule has 1 saturated heterocycles. The fraction of sp³-hybridized carbons (Fsp3) is 0.316. The zero-order chi connectivity index (χ0) is 18.5. The molecule has 2 aromatic rings. The number of methoxy groups -OCH3 is 1. The normalized spacial score (nSPS) is 16.2. The lowest BCUT2D eigenvalue weighted by Gasteiger charge is -2.38. The number of carbonyl (C=O) groups excluding carboxylic acids is 2. The van der Waals surface area contributed by atoms with Gasteiger partial charge in [0.25, 0.3) is 5.91 Å². The van der Waals surface area contributed by atoms with Gasteiger partial charge in [-0.25, -0.2) is 4.79 Å². The number of ether oxygens (including phenoxy) is 1. The number of carbonyl (C=O) groups is 2. The molecule has 0 N–H and O–H groups in total. The van der Waals surface area contributed by atoms with E-state index in [4.69, 9.17) is 16.3 Å². The first-order chi connectivity index (χ1) is 12.6. The van der Waals surface area contributed by atoms with E-state index in [1.165, 1.54) is 7.11 Å². The molecular formula is C19H20ClN3O3. The van der Waals surface area contributed by atoms with Crippen molar-refractivity contribution < 1.29 is 14.3 Å². The van der Waals surface area contributed by atoms with Gasteiger partial charge in [-0.15, -0.1) is 0 Å². The van der Waals surface area contributed by atoms with Gasteiger partial charge >= 0.3 is 5.97 Å². The number of amides is 1. The monoisotopic (exact) mass is 373 g/mol. The van der Waals surface area contributed by atoms with Crippen molar-refractivity contribution in [3.63, 3.8) is 0 Å². The summed E-state index contributed by atoms with van der Waals surface area (Å²) >= 11 is 6.29. The number of rotatable bonds is 4. The van der Waals surface area contributed by atoms with E-state index in [0.717, 1.165) is 5.56 Å². The van der Waals surface area contributed by atoms with Crippen molar-refractivity contribution in [3.05, 3.63) is 64.9 Å². The summed E-state index contributed by atoms with van der Waals surface area (Å²) in [7, 11) is 1.37. The first kappa shape index (κ1) is 18.4. The number of nitrogens with zero attached hydrogens (tertiary/aromatic N) is 3. The van der Waals surface area contributed by atoms with Gasteiger partial charge in [-0.1, -0.05) is 29.8 Å². The SMILES string of the molecule is COC(=O)C(c1ccccc1Cl)N1CCN(C(=O)c2ccncc2)CC1. The van der Waals surface area contributed by atoms with Crippen molar-refractivity contribution in [1.29, 1.82) is 0 Å². The Morgan fingerprint density at radius 3 is 2.35 bits per heavy atom. The summed E-state index contributed by atoms with van der Waals surface area (Å²) in [6.07, 6.45) is 3.21. The fourth-order valence-corrected chi connectivity index (χ4v) is 3.38. The number of esters is 1. The highest BCUT2D eigenvalue weighted by atomic mass is 35.5. The second-order valence-corrected chi connectivity index (χ2v) is 6.42. The largest absolute Gasteiger partial charge is 0.468 e. The Bertz CT molecular complexity index is 777. The quantitative estimate of drug-likeness (QED) is 0.770. The highest BCUT2D eigenvalue weighted by molar-refractivity contribution is 6.31. The van der Waals surface area contributed by atoms with Crippen LogP contribution in [-0.2, 0) is 9.53 Å². The van der Waals surface area contributed by atoms with Crippen LogP contribution in [0.2, 0.25) is 5.02 Å². The van der Waals surface area contributed by atoms with Gasteiger partial charge in [0.1, 0.15) is 6.04 Å². The minimum atomic E-state index is -0.577. The summed E-state index contributed by atoms with van der Waals surface area (Å²) in [6, 6.07) is 10.1. The summed E-state index contributed by atoms with van der Waals surface area (Å²) in [5, 5.41) is 0.526. The Hall–Kier alpha value is -2.44. The molecule has 2 heterocycles. The first-order valence-corrected chi connectivity index (χ1v) is 8.75. The molecule has 1 atom stereocenters. The molecule has 0 bridgehead atoms. The Balaban J connectivity index is 1.73. The van der Waals surface area contributed by atoms with Crippen LogP contribution >= 0.6 is 11.6 Å². The van der Waals surface area contributed by atoms with E-state index in [2.05, 4.69) is 4.98 Å². The number of benzene rings is 1. The molecule has 0 radical (unpaired) electrons. The highest BCUT2D eigenvalue weighted by Gasteiger charge is 2.33. The van der Waals surface area contributed by atoms with Gasteiger partial charge in [-0.2, -0.15) is 0 Å². The van der Waals surface area contributed by atoms with E-state index in [1.54, 1.807) is 35.5 Å². The Morgan fingerprint density at radius 2 is 1.73 bits per heavy atom. The van der Waals surface area contributed by atoms with Crippen LogP contribution in [0.5, 0.6) is 0 Å². The summed E-state index contributed by atoms with van der Waals surface area (Å²) < 4.78 is 4.99. The molecule has 1 aromatic carbocycles. The third-order valence-corrected chi connectivity index (χ3v) is 4.86. The predicted octanol–water partition coefficient (Wildman–Crippen LogP) is 2.41. The van der Waals surface area contributed by atoms with Crippen molar-refractivity contribution in [3.8, 4) is 0 Å². The minimum absolute atomic E-state index is 0.0283. The number of piperazine rings is 1. The standard InChI is InChI=1S/C19H20ClN3O3/c1-26-19(25)17(15-4-2-3-5-16(15)20)22-10-12-23(13-11-22)18(24)14-6-8-21-9-7-14/h2-9,17H,10-13H2,1H3. The van der Waals surface area contributed by atoms with E-state index < -0.39 is 6.04 Å². The van der Waals surface area contributed by atoms with E-state index >= 15 is 0 Å². The van der Waals surface area contributed by atoms with Crippen molar-refractivity contribution in [2.24, 2.45) is 0 Å². The van der Waals surface area contributed by atoms with E-state index in [0.29, 0.717) is 36.8 Å². The van der Waals surface area contributed by atoms with Crippen molar-refractivity contribution in [1.82, 2.24) is 14.8 Å². The molecule has 0 aliphatic carbocycles. The maximum absolute atomic E-state index is 12.6. The molecule has 1 aliphatic rings. The summed E-state index contributed by atoms with van der Waals surface area (Å²) in [5.41, 5.74) is 1.33. The maximum Gasteiger partial charge on any atom is 0.327 e. The predicted molar refractivity (Wildman–Crippen MR) is 97.9 cm³/mol. The lowest BCUT2D eigenvalue weighted by Crippen LogP contribution is -2.51.